The first kappa shape index (κ1) is 18.4. The average Bonchev–Trinajstić information content (AvgIpc) is 2.68. The summed E-state index contributed by atoms with van der Waals surface area (Å²) in [4.78, 5) is 0. The summed E-state index contributed by atoms with van der Waals surface area (Å²) in [7, 11) is 0. The quantitative estimate of drug-likeness (QED) is 0.512. The zero-order chi connectivity index (χ0) is 18.5. The van der Waals surface area contributed by atoms with Crippen molar-refractivity contribution in [2.75, 3.05) is 11.9 Å². The molecule has 0 amide bonds. The van der Waals surface area contributed by atoms with Gasteiger partial charge in [0.25, 0.3) is 0 Å². The Morgan fingerprint density at radius 1 is 0.808 bits per heavy atom. The van der Waals surface area contributed by atoms with Crippen molar-refractivity contribution in [2.45, 2.75) is 30.6 Å². The van der Waals surface area contributed by atoms with Crippen molar-refractivity contribution in [3.05, 3.63) is 54.6 Å². The van der Waals surface area contributed by atoms with Gasteiger partial charge in [0.15, 0.2) is 6.23 Å². The van der Waals surface area contributed by atoms with Gasteiger partial charge in [0.1, 0.15) is 24.4 Å². The number of anilines is 1. The number of nitrogens with one attached hydrogen (secondary N) is 1. The van der Waals surface area contributed by atoms with Crippen molar-refractivity contribution in [1.29, 1.82) is 0 Å². The minimum absolute atomic E-state index is 0.470. The fourth-order valence-corrected chi connectivity index (χ4v) is 2.62. The number of rotatable bonds is 5. The number of aliphatic hydroxyl groups is 4. The Balaban J connectivity index is 1.64. The van der Waals surface area contributed by atoms with Crippen LogP contribution in [0.5, 0.6) is 0 Å². The van der Waals surface area contributed by atoms with Crippen molar-refractivity contribution < 1.29 is 25.2 Å². The number of benzene rings is 2. The number of aliphatic hydroxyl groups excluding tert-OH is 4. The Labute approximate surface area is 150 Å². The second-order valence-corrected chi connectivity index (χ2v) is 5.98. The van der Waals surface area contributed by atoms with E-state index in [0.717, 1.165) is 5.69 Å². The van der Waals surface area contributed by atoms with E-state index < -0.39 is 37.3 Å². The summed E-state index contributed by atoms with van der Waals surface area (Å²) < 4.78 is 5.41. The molecule has 3 rings (SSSR count). The van der Waals surface area contributed by atoms with Crippen molar-refractivity contribution in [1.82, 2.24) is 0 Å². The van der Waals surface area contributed by atoms with Crippen molar-refractivity contribution in [2.24, 2.45) is 10.2 Å². The topological polar surface area (TPSA) is 127 Å². The summed E-state index contributed by atoms with van der Waals surface area (Å²) in [5, 5.41) is 50.0. The molecule has 1 aliphatic rings. The van der Waals surface area contributed by atoms with E-state index in [1.807, 2.05) is 30.3 Å². The first-order chi connectivity index (χ1) is 12.6. The smallest absolute Gasteiger partial charge is 0.157 e. The molecule has 0 saturated carbocycles. The highest BCUT2D eigenvalue weighted by Gasteiger charge is 2.43. The van der Waals surface area contributed by atoms with Crippen LogP contribution < -0.4 is 5.32 Å². The molecule has 5 N–H and O–H groups in total. The molecule has 0 aliphatic carbocycles. The molecule has 0 spiro atoms. The van der Waals surface area contributed by atoms with Gasteiger partial charge in [0, 0.05) is 5.69 Å². The zero-order valence-electron chi connectivity index (χ0n) is 13.9. The lowest BCUT2D eigenvalue weighted by Gasteiger charge is -2.40. The highest BCUT2D eigenvalue weighted by molar-refractivity contribution is 5.51. The molecular weight excluding hydrogens is 338 g/mol. The lowest BCUT2D eigenvalue weighted by Crippen LogP contribution is -2.60. The molecule has 138 valence electrons. The second-order valence-electron chi connectivity index (χ2n) is 5.98. The summed E-state index contributed by atoms with van der Waals surface area (Å²) in [6.45, 7) is -0.470. The molecule has 8 nitrogen and oxygen atoms in total. The molecule has 0 radical (unpaired) electrons. The molecule has 1 saturated heterocycles. The van der Waals surface area contributed by atoms with Crippen LogP contribution in [0.2, 0.25) is 0 Å². The second kappa shape index (κ2) is 8.35. The maximum absolute atomic E-state index is 10.0. The Morgan fingerprint density at radius 3 is 2.04 bits per heavy atom. The van der Waals surface area contributed by atoms with Crippen LogP contribution in [0.25, 0.3) is 0 Å². The third kappa shape index (κ3) is 4.24. The van der Waals surface area contributed by atoms with Gasteiger partial charge in [0.2, 0.25) is 0 Å². The number of ether oxygens (including phenoxy) is 1. The lowest BCUT2D eigenvalue weighted by atomic mass is 9.98. The predicted molar refractivity (Wildman–Crippen MR) is 94.4 cm³/mol. The van der Waals surface area contributed by atoms with Gasteiger partial charge in [-0.1, -0.05) is 18.2 Å². The fraction of sp³-hybridized carbons (Fsp3) is 0.333. The summed E-state index contributed by atoms with van der Waals surface area (Å²) >= 11 is 0. The third-order valence-electron chi connectivity index (χ3n) is 4.11. The summed E-state index contributed by atoms with van der Waals surface area (Å²) in [6.07, 6.45) is -6.07. The predicted octanol–water partition coefficient (Wildman–Crippen LogP) is 1.31. The first-order valence-electron chi connectivity index (χ1n) is 8.22. The fourth-order valence-electron chi connectivity index (χ4n) is 2.62. The van der Waals surface area contributed by atoms with Crippen molar-refractivity contribution in [3.8, 4) is 0 Å². The van der Waals surface area contributed by atoms with Crippen LogP contribution in [0.15, 0.2) is 64.8 Å². The molecule has 2 aromatic carbocycles. The van der Waals surface area contributed by atoms with E-state index in [-0.39, 0.29) is 0 Å². The van der Waals surface area contributed by atoms with Gasteiger partial charge in [-0.15, -0.1) is 0 Å². The Morgan fingerprint density at radius 2 is 1.42 bits per heavy atom. The highest BCUT2D eigenvalue weighted by Crippen LogP contribution is 2.25. The van der Waals surface area contributed by atoms with E-state index in [0.29, 0.717) is 11.4 Å². The summed E-state index contributed by atoms with van der Waals surface area (Å²) in [5.74, 6) is 0. The van der Waals surface area contributed by atoms with Crippen LogP contribution >= 0.6 is 0 Å². The molecule has 5 atom stereocenters. The highest BCUT2D eigenvalue weighted by atomic mass is 16.6. The minimum atomic E-state index is -1.42. The van der Waals surface area contributed by atoms with Crippen molar-refractivity contribution >= 4 is 17.1 Å². The lowest BCUT2D eigenvalue weighted by molar-refractivity contribution is -0.221. The average molecular weight is 359 g/mol. The monoisotopic (exact) mass is 359 g/mol. The Hall–Kier alpha value is -2.36. The number of hydrogen-bond donors (Lipinski definition) is 5. The standard InChI is InChI=1S/C18H21N3O5/c22-10-14-15(23)16(24)17(25)18(26-14)19-11-6-8-13(9-7-11)21-20-12-4-2-1-3-5-12/h1-9,14-19,22-25H,10H2/t14-,15+,16+,17+,18-/m0/s1. The third-order valence-corrected chi connectivity index (χ3v) is 4.11. The van der Waals surface area contributed by atoms with Gasteiger partial charge >= 0.3 is 0 Å². The van der Waals surface area contributed by atoms with Gasteiger partial charge in [-0.05, 0) is 36.4 Å². The zero-order valence-corrected chi connectivity index (χ0v) is 13.9. The molecule has 1 fully saturated rings. The molecule has 8 heteroatoms. The molecular formula is C18H21N3O5. The van der Waals surface area contributed by atoms with Gasteiger partial charge < -0.3 is 30.5 Å². The number of azo groups is 1. The van der Waals surface area contributed by atoms with Crippen LogP contribution in [0, 0.1) is 0 Å². The minimum Gasteiger partial charge on any atom is -0.394 e. The van der Waals surface area contributed by atoms with Gasteiger partial charge in [0.05, 0.1) is 18.0 Å². The number of nitrogens with zero attached hydrogens (tertiary/aromatic N) is 2. The number of hydrogen-bond acceptors (Lipinski definition) is 8. The maximum Gasteiger partial charge on any atom is 0.157 e. The van der Waals surface area contributed by atoms with E-state index in [9.17, 15) is 20.4 Å². The van der Waals surface area contributed by atoms with Gasteiger partial charge in [-0.25, -0.2) is 0 Å². The molecule has 0 aromatic heterocycles. The van der Waals surface area contributed by atoms with E-state index in [1.165, 1.54) is 0 Å². The molecule has 26 heavy (non-hydrogen) atoms. The Bertz CT molecular complexity index is 723. The van der Waals surface area contributed by atoms with Gasteiger partial charge in [-0.3, -0.25) is 0 Å². The molecule has 1 heterocycles. The van der Waals surface area contributed by atoms with Crippen LogP contribution in [0.1, 0.15) is 0 Å². The van der Waals surface area contributed by atoms with E-state index in [4.69, 9.17) is 4.74 Å². The van der Waals surface area contributed by atoms with Crippen LogP contribution in [0.3, 0.4) is 0 Å². The van der Waals surface area contributed by atoms with E-state index in [2.05, 4.69) is 15.5 Å². The van der Waals surface area contributed by atoms with Crippen LogP contribution in [0.4, 0.5) is 17.1 Å². The summed E-state index contributed by atoms with van der Waals surface area (Å²) in [5.41, 5.74) is 2.01. The summed E-state index contributed by atoms with van der Waals surface area (Å²) in [6, 6.07) is 16.3. The first-order valence-corrected chi connectivity index (χ1v) is 8.22. The van der Waals surface area contributed by atoms with E-state index in [1.54, 1.807) is 24.3 Å². The van der Waals surface area contributed by atoms with Crippen LogP contribution in [-0.2, 0) is 4.74 Å². The normalized spacial score (nSPS) is 29.0. The van der Waals surface area contributed by atoms with Crippen molar-refractivity contribution in [3.63, 3.8) is 0 Å². The van der Waals surface area contributed by atoms with Gasteiger partial charge in [-0.2, -0.15) is 10.2 Å². The molecule has 0 bridgehead atoms. The maximum atomic E-state index is 10.0. The SMILES string of the molecule is OC[C@@H]1O[C@H](Nc2ccc(N=Nc3ccccc3)cc2)[C@H](O)[C@H](O)[C@@H]1O. The molecule has 0 unspecified atom stereocenters. The Kier molecular flexibility index (Phi) is 5.92. The van der Waals surface area contributed by atoms with Crippen LogP contribution in [-0.4, -0.2) is 57.7 Å². The largest absolute Gasteiger partial charge is 0.394 e. The molecule has 1 aliphatic heterocycles. The molecule has 2 aromatic rings. The van der Waals surface area contributed by atoms with E-state index >= 15 is 0 Å².